The number of allylic oxidation sites excluding steroid dienone is 3. The highest BCUT2D eigenvalue weighted by Crippen LogP contribution is 2.28. The van der Waals surface area contributed by atoms with Crippen molar-refractivity contribution in [2.75, 3.05) is 0 Å². The van der Waals surface area contributed by atoms with Gasteiger partial charge in [-0.05, 0) is 16.4 Å². The molecule has 0 aliphatic heterocycles. The van der Waals surface area contributed by atoms with Crippen molar-refractivity contribution in [3.05, 3.63) is 44.7 Å². The SMILES string of the molecule is CC1=C[C+](C)C(N=[N+]=[N-])=C(C)C1=[N-]. The molecule has 0 fully saturated rings. The molecule has 0 unspecified atom stereocenters. The van der Waals surface area contributed by atoms with Crippen LogP contribution in [0.2, 0.25) is 0 Å². The van der Waals surface area contributed by atoms with Crippen LogP contribution in [-0.2, 0) is 0 Å². The third kappa shape index (κ3) is 1.58. The van der Waals surface area contributed by atoms with E-state index in [9.17, 15) is 5.41 Å². The fourth-order valence-corrected chi connectivity index (χ4v) is 1.36. The molecule has 66 valence electrons. The summed E-state index contributed by atoms with van der Waals surface area (Å²) in [4.78, 5) is 2.71. The Hall–Kier alpha value is -1.67. The average Bonchev–Trinajstić information content (AvgIpc) is 2.09. The first-order valence-corrected chi connectivity index (χ1v) is 3.92. The van der Waals surface area contributed by atoms with Crippen molar-refractivity contribution >= 4 is 5.71 Å². The summed E-state index contributed by atoms with van der Waals surface area (Å²) < 4.78 is 0. The van der Waals surface area contributed by atoms with Crippen molar-refractivity contribution in [3.63, 3.8) is 0 Å². The second kappa shape index (κ2) is 3.37. The molecule has 0 aromatic heterocycles. The van der Waals surface area contributed by atoms with Crippen molar-refractivity contribution in [1.29, 1.82) is 0 Å². The van der Waals surface area contributed by atoms with E-state index in [0.29, 0.717) is 11.3 Å². The molecule has 0 aromatic rings. The molecule has 0 saturated carbocycles. The van der Waals surface area contributed by atoms with Gasteiger partial charge in [-0.2, -0.15) is 0 Å². The molecule has 4 heteroatoms. The van der Waals surface area contributed by atoms with Gasteiger partial charge in [0.25, 0.3) is 0 Å². The molecule has 4 nitrogen and oxygen atoms in total. The maximum atomic E-state index is 9.55. The van der Waals surface area contributed by atoms with Crippen LogP contribution < -0.4 is 0 Å². The van der Waals surface area contributed by atoms with Crippen LogP contribution >= 0.6 is 0 Å². The number of nitrogens with zero attached hydrogens (tertiary/aromatic N) is 4. The Kier molecular flexibility index (Phi) is 2.44. The zero-order valence-electron chi connectivity index (χ0n) is 7.87. The van der Waals surface area contributed by atoms with Gasteiger partial charge in [-0.25, -0.2) is 0 Å². The fraction of sp³-hybridized carbons (Fsp3) is 0.333. The number of hydrogen-bond acceptors (Lipinski definition) is 1. The van der Waals surface area contributed by atoms with Crippen molar-refractivity contribution < 1.29 is 0 Å². The summed E-state index contributed by atoms with van der Waals surface area (Å²) in [5.41, 5.74) is 10.5. The zero-order chi connectivity index (χ0) is 10.0. The first kappa shape index (κ1) is 9.42. The van der Waals surface area contributed by atoms with Gasteiger partial charge in [0.05, 0.1) is 12.0 Å². The van der Waals surface area contributed by atoms with E-state index in [1.54, 1.807) is 13.0 Å². The first-order valence-electron chi connectivity index (χ1n) is 3.92. The van der Waals surface area contributed by atoms with Crippen LogP contribution in [0.5, 0.6) is 0 Å². The summed E-state index contributed by atoms with van der Waals surface area (Å²) in [7, 11) is 0. The van der Waals surface area contributed by atoms with Gasteiger partial charge in [-0.15, -0.1) is 0 Å². The zero-order valence-corrected chi connectivity index (χ0v) is 7.87. The standard InChI is InChI=1S/C9H10N4/c1-5-4-6(2)9(12-13-11)7(3)8(5)10/h4H,1-3H3. The van der Waals surface area contributed by atoms with Crippen molar-refractivity contribution in [1.82, 2.24) is 0 Å². The van der Waals surface area contributed by atoms with Gasteiger partial charge in [0, 0.05) is 36.8 Å². The quantitative estimate of drug-likeness (QED) is 0.253. The highest BCUT2D eigenvalue weighted by Gasteiger charge is 2.23. The summed E-state index contributed by atoms with van der Waals surface area (Å²) in [5.74, 6) is 0.880. The summed E-state index contributed by atoms with van der Waals surface area (Å²) in [6.45, 7) is 5.40. The predicted molar refractivity (Wildman–Crippen MR) is 52.9 cm³/mol. The van der Waals surface area contributed by atoms with E-state index < -0.39 is 0 Å². The second-order valence-electron chi connectivity index (χ2n) is 3.02. The molecule has 0 saturated heterocycles. The molecule has 0 bridgehead atoms. The monoisotopic (exact) mass is 174 g/mol. The molecule has 13 heavy (non-hydrogen) atoms. The van der Waals surface area contributed by atoms with E-state index in [4.69, 9.17) is 5.53 Å². The second-order valence-corrected chi connectivity index (χ2v) is 3.02. The Morgan fingerprint density at radius 1 is 1.46 bits per heavy atom. The summed E-state index contributed by atoms with van der Waals surface area (Å²) in [6, 6.07) is 0. The molecule has 0 spiro atoms. The van der Waals surface area contributed by atoms with E-state index in [1.807, 2.05) is 13.8 Å². The molecule has 1 rings (SSSR count). The number of rotatable bonds is 1. The van der Waals surface area contributed by atoms with E-state index in [-0.39, 0.29) is 5.71 Å². The summed E-state index contributed by atoms with van der Waals surface area (Å²) in [6.07, 6.45) is 1.80. The topological polar surface area (TPSA) is 71.1 Å². The third-order valence-electron chi connectivity index (χ3n) is 2.04. The van der Waals surface area contributed by atoms with Crippen LogP contribution in [0.3, 0.4) is 0 Å². The van der Waals surface area contributed by atoms with E-state index in [2.05, 4.69) is 10.0 Å². The molecule has 0 aromatic carbocycles. The summed E-state index contributed by atoms with van der Waals surface area (Å²) in [5, 5.41) is 13.1. The van der Waals surface area contributed by atoms with Crippen LogP contribution in [0.25, 0.3) is 15.9 Å². The number of hydrogen-bond donors (Lipinski definition) is 0. The molecule has 0 heterocycles. The smallest absolute Gasteiger partial charge is 0.151 e. The van der Waals surface area contributed by atoms with Crippen LogP contribution in [-0.4, -0.2) is 5.71 Å². The highest BCUT2D eigenvalue weighted by molar-refractivity contribution is 6.15. The lowest BCUT2D eigenvalue weighted by molar-refractivity contribution is 1.10. The van der Waals surface area contributed by atoms with Crippen molar-refractivity contribution in [3.8, 4) is 0 Å². The molecule has 0 amide bonds. The number of azide groups is 1. The van der Waals surface area contributed by atoms with E-state index in [1.165, 1.54) is 0 Å². The maximum Gasteiger partial charge on any atom is 0.151 e. The van der Waals surface area contributed by atoms with Gasteiger partial charge >= 0.3 is 0 Å². The van der Waals surface area contributed by atoms with Crippen LogP contribution in [0.4, 0.5) is 0 Å². The normalized spacial score (nSPS) is 17.0. The maximum absolute atomic E-state index is 9.55. The van der Waals surface area contributed by atoms with Crippen LogP contribution in [0.15, 0.2) is 28.0 Å². The average molecular weight is 174 g/mol. The van der Waals surface area contributed by atoms with Crippen LogP contribution in [0.1, 0.15) is 20.8 Å². The Labute approximate surface area is 77.1 Å². The third-order valence-corrected chi connectivity index (χ3v) is 2.04. The van der Waals surface area contributed by atoms with Gasteiger partial charge in [0.2, 0.25) is 0 Å². The minimum absolute atomic E-state index is 0.202. The van der Waals surface area contributed by atoms with Crippen LogP contribution in [0, 0.1) is 5.92 Å². The van der Waals surface area contributed by atoms with Crippen molar-refractivity contribution in [2.24, 2.45) is 5.11 Å². The Bertz CT molecular complexity index is 356. The molecule has 0 N–H and O–H groups in total. The Morgan fingerprint density at radius 2 is 2.08 bits per heavy atom. The van der Waals surface area contributed by atoms with Crippen molar-refractivity contribution in [2.45, 2.75) is 20.8 Å². The first-order chi connectivity index (χ1) is 6.07. The molecular weight excluding hydrogens is 164 g/mol. The Balaban J connectivity index is 3.20. The molecule has 1 aliphatic carbocycles. The lowest BCUT2D eigenvalue weighted by Gasteiger charge is -2.16. The molecular formula is C9H10N4. The molecule has 0 atom stereocenters. The van der Waals surface area contributed by atoms with Gasteiger partial charge in [-0.1, -0.05) is 0 Å². The van der Waals surface area contributed by atoms with E-state index in [0.717, 1.165) is 11.5 Å². The predicted octanol–water partition coefficient (Wildman–Crippen LogP) is 3.14. The van der Waals surface area contributed by atoms with Gasteiger partial charge < -0.3 is 5.41 Å². The lowest BCUT2D eigenvalue weighted by Crippen LogP contribution is -2.11. The van der Waals surface area contributed by atoms with Gasteiger partial charge in [0.15, 0.2) is 5.70 Å². The minimum Gasteiger partial charge on any atom is -0.778 e. The fourth-order valence-electron chi connectivity index (χ4n) is 1.36. The van der Waals surface area contributed by atoms with Gasteiger partial charge in [0.1, 0.15) is 0 Å². The summed E-state index contributed by atoms with van der Waals surface area (Å²) >= 11 is 0. The molecule has 0 radical (unpaired) electrons. The largest absolute Gasteiger partial charge is 0.778 e. The Morgan fingerprint density at radius 3 is 2.62 bits per heavy atom. The lowest BCUT2D eigenvalue weighted by atomic mass is 9.89. The molecule has 1 aliphatic rings. The van der Waals surface area contributed by atoms with Gasteiger partial charge in [-0.3, -0.25) is 0 Å². The minimum atomic E-state index is 0.202. The highest BCUT2D eigenvalue weighted by atomic mass is 15.1. The van der Waals surface area contributed by atoms with E-state index >= 15 is 0 Å².